The van der Waals surface area contributed by atoms with E-state index in [1.807, 2.05) is 31.2 Å². The second-order valence-corrected chi connectivity index (χ2v) is 8.28. The summed E-state index contributed by atoms with van der Waals surface area (Å²) in [6.07, 6.45) is 0.805. The maximum Gasteiger partial charge on any atom is 0.419 e. The van der Waals surface area contributed by atoms with Crippen molar-refractivity contribution in [1.82, 2.24) is 9.47 Å². The molecule has 2 amide bonds. The van der Waals surface area contributed by atoms with Gasteiger partial charge in [0.15, 0.2) is 5.58 Å². The van der Waals surface area contributed by atoms with Crippen molar-refractivity contribution in [3.8, 4) is 5.75 Å². The zero-order chi connectivity index (χ0) is 24.2. The number of carbonyl (C=O) groups is 2. The van der Waals surface area contributed by atoms with E-state index < -0.39 is 17.7 Å². The lowest BCUT2D eigenvalue weighted by atomic mass is 10.1. The summed E-state index contributed by atoms with van der Waals surface area (Å²) >= 11 is 0. The van der Waals surface area contributed by atoms with Gasteiger partial charge in [0, 0.05) is 43.6 Å². The minimum Gasteiger partial charge on any atom is -0.497 e. The van der Waals surface area contributed by atoms with Crippen LogP contribution in [-0.2, 0) is 16.1 Å². The highest BCUT2D eigenvalue weighted by molar-refractivity contribution is 5.94. The molecule has 3 aromatic rings. The summed E-state index contributed by atoms with van der Waals surface area (Å²) in [7, 11) is 1.61. The second kappa shape index (κ2) is 10.0. The number of nitrogens with zero attached hydrogens (tertiary/aromatic N) is 3. The number of oxazole rings is 1. The van der Waals surface area contributed by atoms with E-state index in [0.29, 0.717) is 43.0 Å². The third-order valence-electron chi connectivity index (χ3n) is 6.00. The van der Waals surface area contributed by atoms with E-state index in [0.717, 1.165) is 17.9 Å². The number of fused-ring (bicyclic) bond motifs is 1. The van der Waals surface area contributed by atoms with Gasteiger partial charge in [0.1, 0.15) is 11.8 Å². The zero-order valence-corrected chi connectivity index (χ0v) is 19.3. The molecule has 0 spiro atoms. The Hall–Kier alpha value is -3.79. The van der Waals surface area contributed by atoms with Crippen molar-refractivity contribution in [3.63, 3.8) is 0 Å². The van der Waals surface area contributed by atoms with E-state index in [9.17, 15) is 14.4 Å². The standard InChI is InChI=1S/C24H29N5O5/c1-3-10-29-19-9-4-16(13-21(19)34-24(29)32)26-22(30)15-28-12-11-27(14-20(28)23(25)31)17-5-7-18(33-2)8-6-17/h4-9,13,20H,3,10-12,14-15H2,1-2H3,(H2,25,31)(H,26,30)/t20-/m0/s1. The van der Waals surface area contributed by atoms with Gasteiger partial charge in [-0.05, 0) is 42.8 Å². The molecule has 1 aliphatic rings. The molecular weight excluding hydrogens is 438 g/mol. The normalized spacial score (nSPS) is 16.5. The fraction of sp³-hybridized carbons (Fsp3) is 0.375. The molecule has 10 nitrogen and oxygen atoms in total. The van der Waals surface area contributed by atoms with E-state index in [2.05, 4.69) is 10.2 Å². The minimum atomic E-state index is -0.606. The Morgan fingerprint density at radius 3 is 2.62 bits per heavy atom. The highest BCUT2D eigenvalue weighted by Gasteiger charge is 2.32. The highest BCUT2D eigenvalue weighted by atomic mass is 16.5. The van der Waals surface area contributed by atoms with Gasteiger partial charge in [-0.1, -0.05) is 6.92 Å². The Morgan fingerprint density at radius 2 is 1.94 bits per heavy atom. The van der Waals surface area contributed by atoms with E-state index in [-0.39, 0.29) is 12.5 Å². The fourth-order valence-corrected chi connectivity index (χ4v) is 4.27. The first-order valence-electron chi connectivity index (χ1n) is 11.2. The summed E-state index contributed by atoms with van der Waals surface area (Å²) in [5.41, 5.74) is 8.25. The predicted molar refractivity (Wildman–Crippen MR) is 129 cm³/mol. The molecule has 0 radical (unpaired) electrons. The number of carbonyl (C=O) groups excluding carboxylic acids is 2. The van der Waals surface area contributed by atoms with Crippen LogP contribution in [0.2, 0.25) is 0 Å². The van der Waals surface area contributed by atoms with Crippen LogP contribution in [0.15, 0.2) is 51.7 Å². The third kappa shape index (κ3) is 4.91. The molecule has 3 N–H and O–H groups in total. The van der Waals surface area contributed by atoms with Gasteiger partial charge >= 0.3 is 5.76 Å². The Morgan fingerprint density at radius 1 is 1.18 bits per heavy atom. The molecule has 2 heterocycles. The summed E-state index contributed by atoms with van der Waals surface area (Å²) in [5, 5.41) is 2.83. The average molecular weight is 468 g/mol. The number of methoxy groups -OCH3 is 1. The lowest BCUT2D eigenvalue weighted by Gasteiger charge is -2.40. The highest BCUT2D eigenvalue weighted by Crippen LogP contribution is 2.23. The van der Waals surface area contributed by atoms with Crippen LogP contribution < -0.4 is 26.4 Å². The molecule has 4 rings (SSSR count). The maximum atomic E-state index is 12.8. The van der Waals surface area contributed by atoms with E-state index in [1.54, 1.807) is 34.8 Å². The van der Waals surface area contributed by atoms with Crippen molar-refractivity contribution in [2.45, 2.75) is 25.9 Å². The summed E-state index contributed by atoms with van der Waals surface area (Å²) in [6.45, 7) is 4.09. The number of benzene rings is 2. The molecule has 1 aliphatic heterocycles. The Kier molecular flexibility index (Phi) is 6.87. The number of nitrogens with two attached hydrogens (primary N) is 1. The van der Waals surface area contributed by atoms with E-state index in [1.165, 1.54) is 0 Å². The first-order valence-corrected chi connectivity index (χ1v) is 11.2. The van der Waals surface area contributed by atoms with Crippen LogP contribution >= 0.6 is 0 Å². The number of amides is 2. The van der Waals surface area contributed by atoms with Crippen LogP contribution in [0.25, 0.3) is 11.1 Å². The van der Waals surface area contributed by atoms with Crippen LogP contribution in [0.5, 0.6) is 5.75 Å². The van der Waals surface area contributed by atoms with Crippen LogP contribution in [0.3, 0.4) is 0 Å². The zero-order valence-electron chi connectivity index (χ0n) is 19.3. The number of rotatable bonds is 8. The SMILES string of the molecule is CCCn1c(=O)oc2cc(NC(=O)CN3CCN(c4ccc(OC)cc4)C[C@H]3C(N)=O)ccc21. The number of primary amides is 1. The molecule has 2 aromatic carbocycles. The molecular formula is C24H29N5O5. The molecule has 1 atom stereocenters. The molecule has 1 saturated heterocycles. The first-order chi connectivity index (χ1) is 16.4. The smallest absolute Gasteiger partial charge is 0.419 e. The van der Waals surface area contributed by atoms with E-state index in [4.69, 9.17) is 14.9 Å². The number of hydrogen-bond donors (Lipinski definition) is 2. The molecule has 180 valence electrons. The number of hydrogen-bond acceptors (Lipinski definition) is 7. The van der Waals surface area contributed by atoms with Gasteiger partial charge in [0.05, 0.1) is 19.2 Å². The van der Waals surface area contributed by atoms with Crippen LogP contribution in [-0.4, -0.2) is 60.6 Å². The van der Waals surface area contributed by atoms with Gasteiger partial charge < -0.3 is 25.1 Å². The number of nitrogens with one attached hydrogen (secondary N) is 1. The maximum absolute atomic E-state index is 12.8. The minimum absolute atomic E-state index is 0.0168. The van der Waals surface area contributed by atoms with Crippen LogP contribution in [0, 0.1) is 0 Å². The Labute approximate surface area is 196 Å². The molecule has 10 heteroatoms. The van der Waals surface area contributed by atoms with Crippen LogP contribution in [0.4, 0.5) is 11.4 Å². The van der Waals surface area contributed by atoms with Crippen molar-refractivity contribution >= 4 is 34.3 Å². The molecule has 1 aromatic heterocycles. The monoisotopic (exact) mass is 467 g/mol. The van der Waals surface area contributed by atoms with E-state index >= 15 is 0 Å². The molecule has 0 aliphatic carbocycles. The fourth-order valence-electron chi connectivity index (χ4n) is 4.27. The lowest BCUT2D eigenvalue weighted by Crippen LogP contribution is -2.59. The predicted octanol–water partition coefficient (Wildman–Crippen LogP) is 1.63. The topological polar surface area (TPSA) is 123 Å². The van der Waals surface area contributed by atoms with Gasteiger partial charge in [-0.3, -0.25) is 19.1 Å². The van der Waals surface area contributed by atoms with Crippen molar-refractivity contribution in [2.24, 2.45) is 5.73 Å². The average Bonchev–Trinajstić information content (AvgIpc) is 3.13. The second-order valence-electron chi connectivity index (χ2n) is 8.28. The number of anilines is 2. The largest absolute Gasteiger partial charge is 0.497 e. The number of ether oxygens (including phenoxy) is 1. The quantitative estimate of drug-likeness (QED) is 0.516. The number of aromatic nitrogens is 1. The first kappa shape index (κ1) is 23.4. The lowest BCUT2D eigenvalue weighted by molar-refractivity contribution is -0.125. The van der Waals surface area contributed by atoms with Gasteiger partial charge in [-0.2, -0.15) is 0 Å². The van der Waals surface area contributed by atoms with Gasteiger partial charge in [-0.15, -0.1) is 0 Å². The molecule has 0 unspecified atom stereocenters. The summed E-state index contributed by atoms with van der Waals surface area (Å²) in [6, 6.07) is 12.1. The number of aryl methyl sites for hydroxylation is 1. The summed E-state index contributed by atoms with van der Waals surface area (Å²) < 4.78 is 12.1. The van der Waals surface area contributed by atoms with Gasteiger partial charge in [0.2, 0.25) is 11.8 Å². The Bertz CT molecular complexity index is 1230. The van der Waals surface area contributed by atoms with Crippen molar-refractivity contribution in [1.29, 1.82) is 0 Å². The van der Waals surface area contributed by atoms with Crippen LogP contribution in [0.1, 0.15) is 13.3 Å². The Balaban J connectivity index is 1.41. The molecule has 0 bridgehead atoms. The third-order valence-corrected chi connectivity index (χ3v) is 6.00. The number of piperazine rings is 1. The van der Waals surface area contributed by atoms with Crippen molar-refractivity contribution in [2.75, 3.05) is 43.5 Å². The molecule has 0 saturated carbocycles. The van der Waals surface area contributed by atoms with Gasteiger partial charge in [-0.25, -0.2) is 4.79 Å². The molecule has 1 fully saturated rings. The van der Waals surface area contributed by atoms with Crippen molar-refractivity contribution < 1.29 is 18.7 Å². The van der Waals surface area contributed by atoms with Crippen molar-refractivity contribution in [3.05, 3.63) is 53.0 Å². The molecule has 34 heavy (non-hydrogen) atoms. The van der Waals surface area contributed by atoms with Gasteiger partial charge in [0.25, 0.3) is 0 Å². The summed E-state index contributed by atoms with van der Waals surface area (Å²) in [5.74, 6) is -0.422. The summed E-state index contributed by atoms with van der Waals surface area (Å²) in [4.78, 5) is 40.8.